The minimum Gasteiger partial charge on any atom is -0.306 e. The highest BCUT2D eigenvalue weighted by atomic mass is 32.2. The van der Waals surface area contributed by atoms with Crippen molar-refractivity contribution < 1.29 is 8.42 Å². The van der Waals surface area contributed by atoms with Crippen LogP contribution in [0.25, 0.3) is 0 Å². The lowest BCUT2D eigenvalue weighted by atomic mass is 10.1. The third-order valence-corrected chi connectivity index (χ3v) is 5.08. The largest absolute Gasteiger partial charge is 0.306 e. The molecule has 0 aliphatic rings. The van der Waals surface area contributed by atoms with Gasteiger partial charge in [-0.15, -0.1) is 0 Å². The van der Waals surface area contributed by atoms with Crippen molar-refractivity contribution in [3.05, 3.63) is 65.2 Å². The molecule has 0 aliphatic carbocycles. The van der Waals surface area contributed by atoms with Gasteiger partial charge in [0.05, 0.1) is 4.90 Å². The quantitative estimate of drug-likeness (QED) is 0.861. The molecule has 0 aromatic heterocycles. The minimum absolute atomic E-state index is 0.0632. The third-order valence-electron chi connectivity index (χ3n) is 3.67. The van der Waals surface area contributed by atoms with E-state index < -0.39 is 10.0 Å². The van der Waals surface area contributed by atoms with Crippen LogP contribution in [0.5, 0.6) is 0 Å². The van der Waals surface area contributed by atoms with Gasteiger partial charge in [-0.3, -0.25) is 0 Å². The summed E-state index contributed by atoms with van der Waals surface area (Å²) in [7, 11) is -1.99. The Hall–Kier alpha value is -1.69. The van der Waals surface area contributed by atoms with E-state index in [4.69, 9.17) is 0 Å². The van der Waals surface area contributed by atoms with Crippen molar-refractivity contribution in [3.63, 3.8) is 0 Å². The van der Waals surface area contributed by atoms with Gasteiger partial charge in [0.25, 0.3) is 0 Å². The average molecular weight is 318 g/mol. The van der Waals surface area contributed by atoms with Crippen LogP contribution < -0.4 is 10.0 Å². The lowest BCUT2D eigenvalue weighted by Crippen LogP contribution is -2.21. The van der Waals surface area contributed by atoms with Gasteiger partial charge in [-0.05, 0) is 44.2 Å². The van der Waals surface area contributed by atoms with Gasteiger partial charge in [0, 0.05) is 12.6 Å². The van der Waals surface area contributed by atoms with Crippen LogP contribution in [-0.2, 0) is 16.6 Å². The van der Waals surface area contributed by atoms with Crippen molar-refractivity contribution >= 4 is 10.0 Å². The average Bonchev–Trinajstić information content (AvgIpc) is 2.54. The first-order valence-corrected chi connectivity index (χ1v) is 8.73. The van der Waals surface area contributed by atoms with Crippen molar-refractivity contribution in [3.8, 4) is 0 Å². The van der Waals surface area contributed by atoms with Gasteiger partial charge < -0.3 is 5.32 Å². The van der Waals surface area contributed by atoms with Gasteiger partial charge in [0.1, 0.15) is 0 Å². The summed E-state index contributed by atoms with van der Waals surface area (Å²) in [6.07, 6.45) is 0. The second kappa shape index (κ2) is 7.05. The number of hydrogen-bond acceptors (Lipinski definition) is 3. The van der Waals surface area contributed by atoms with Crippen molar-refractivity contribution in [1.82, 2.24) is 10.0 Å². The normalized spacial score (nSPS) is 13.0. The Morgan fingerprint density at radius 2 is 1.77 bits per heavy atom. The molecule has 1 atom stereocenters. The SMILES string of the molecule is CNS(=O)(=O)c1cccc([C@@H](C)NCc2ccc(C)cc2)c1. The molecule has 0 bridgehead atoms. The summed E-state index contributed by atoms with van der Waals surface area (Å²) in [6.45, 7) is 4.83. The summed E-state index contributed by atoms with van der Waals surface area (Å²) >= 11 is 0. The highest BCUT2D eigenvalue weighted by Gasteiger charge is 2.13. The molecule has 0 amide bonds. The molecule has 22 heavy (non-hydrogen) atoms. The molecule has 0 saturated heterocycles. The number of rotatable bonds is 6. The summed E-state index contributed by atoms with van der Waals surface area (Å²) in [4.78, 5) is 0.288. The molecule has 2 aromatic rings. The highest BCUT2D eigenvalue weighted by molar-refractivity contribution is 7.89. The van der Waals surface area contributed by atoms with E-state index in [0.29, 0.717) is 0 Å². The van der Waals surface area contributed by atoms with E-state index in [-0.39, 0.29) is 10.9 Å². The summed E-state index contributed by atoms with van der Waals surface area (Å²) in [5.74, 6) is 0. The van der Waals surface area contributed by atoms with Crippen molar-refractivity contribution in [2.24, 2.45) is 0 Å². The molecule has 4 nitrogen and oxygen atoms in total. The lowest BCUT2D eigenvalue weighted by Gasteiger charge is -2.15. The maximum atomic E-state index is 11.9. The molecule has 0 heterocycles. The zero-order valence-corrected chi connectivity index (χ0v) is 13.9. The highest BCUT2D eigenvalue weighted by Crippen LogP contribution is 2.18. The fourth-order valence-corrected chi connectivity index (χ4v) is 2.95. The van der Waals surface area contributed by atoms with Crippen molar-refractivity contribution in [2.45, 2.75) is 31.3 Å². The summed E-state index contributed by atoms with van der Waals surface area (Å²) in [5, 5.41) is 3.42. The van der Waals surface area contributed by atoms with Gasteiger partial charge in [-0.2, -0.15) is 0 Å². The van der Waals surface area contributed by atoms with Crippen LogP contribution in [0.15, 0.2) is 53.4 Å². The van der Waals surface area contributed by atoms with Crippen molar-refractivity contribution in [2.75, 3.05) is 7.05 Å². The summed E-state index contributed by atoms with van der Waals surface area (Å²) in [6, 6.07) is 15.4. The molecule has 118 valence electrons. The first kappa shape index (κ1) is 16.7. The van der Waals surface area contributed by atoms with Crippen LogP contribution in [0.3, 0.4) is 0 Å². The Kier molecular flexibility index (Phi) is 5.34. The summed E-state index contributed by atoms with van der Waals surface area (Å²) < 4.78 is 26.0. The molecule has 2 aromatic carbocycles. The molecular formula is C17H22N2O2S. The number of benzene rings is 2. The standard InChI is InChI=1S/C17H22N2O2S/c1-13-7-9-15(10-8-13)12-19-14(2)16-5-4-6-17(11-16)22(20,21)18-3/h4-11,14,18-19H,12H2,1-3H3/t14-/m1/s1. The zero-order valence-electron chi connectivity index (χ0n) is 13.1. The fraction of sp³-hybridized carbons (Fsp3) is 0.294. The lowest BCUT2D eigenvalue weighted by molar-refractivity contribution is 0.571. The molecule has 0 unspecified atom stereocenters. The Bertz CT molecular complexity index is 725. The maximum Gasteiger partial charge on any atom is 0.240 e. The van der Waals surface area contributed by atoms with Crippen LogP contribution in [0.2, 0.25) is 0 Å². The van der Waals surface area contributed by atoms with E-state index in [0.717, 1.165) is 12.1 Å². The van der Waals surface area contributed by atoms with E-state index in [1.54, 1.807) is 18.2 Å². The predicted octanol–water partition coefficient (Wildman–Crippen LogP) is 2.75. The first-order chi connectivity index (χ1) is 10.4. The molecule has 5 heteroatoms. The van der Waals surface area contributed by atoms with Crippen LogP contribution in [0, 0.1) is 6.92 Å². The topological polar surface area (TPSA) is 58.2 Å². The Morgan fingerprint density at radius 1 is 1.09 bits per heavy atom. The van der Waals surface area contributed by atoms with E-state index >= 15 is 0 Å². The molecule has 0 fully saturated rings. The zero-order chi connectivity index (χ0) is 16.2. The monoisotopic (exact) mass is 318 g/mol. The number of sulfonamides is 1. The van der Waals surface area contributed by atoms with Crippen LogP contribution >= 0.6 is 0 Å². The Balaban J connectivity index is 2.08. The van der Waals surface area contributed by atoms with E-state index in [2.05, 4.69) is 41.2 Å². The van der Waals surface area contributed by atoms with E-state index in [1.165, 1.54) is 18.2 Å². The van der Waals surface area contributed by atoms with Crippen LogP contribution in [0.4, 0.5) is 0 Å². The number of nitrogens with one attached hydrogen (secondary N) is 2. The fourth-order valence-electron chi connectivity index (χ4n) is 2.16. The summed E-state index contributed by atoms with van der Waals surface area (Å²) in [5.41, 5.74) is 3.39. The molecular weight excluding hydrogens is 296 g/mol. The molecule has 2 rings (SSSR count). The van der Waals surface area contributed by atoms with Gasteiger partial charge in [-0.1, -0.05) is 42.0 Å². The number of aryl methyl sites for hydroxylation is 1. The molecule has 2 N–H and O–H groups in total. The first-order valence-electron chi connectivity index (χ1n) is 7.25. The minimum atomic E-state index is -3.40. The second-order valence-corrected chi connectivity index (χ2v) is 7.25. The van der Waals surface area contributed by atoms with Gasteiger partial charge in [0.2, 0.25) is 10.0 Å². The Labute approximate surface area is 132 Å². The van der Waals surface area contributed by atoms with Crippen LogP contribution in [0.1, 0.15) is 29.7 Å². The molecule has 0 aliphatic heterocycles. The molecule has 0 radical (unpaired) electrons. The second-order valence-electron chi connectivity index (χ2n) is 5.37. The maximum absolute atomic E-state index is 11.9. The molecule has 0 spiro atoms. The van der Waals surface area contributed by atoms with Gasteiger partial charge in [0.15, 0.2) is 0 Å². The van der Waals surface area contributed by atoms with Crippen molar-refractivity contribution in [1.29, 1.82) is 0 Å². The number of hydrogen-bond donors (Lipinski definition) is 2. The van der Waals surface area contributed by atoms with Crippen LogP contribution in [-0.4, -0.2) is 15.5 Å². The predicted molar refractivity (Wildman–Crippen MR) is 89.1 cm³/mol. The Morgan fingerprint density at radius 3 is 2.41 bits per heavy atom. The van der Waals surface area contributed by atoms with Gasteiger partial charge >= 0.3 is 0 Å². The van der Waals surface area contributed by atoms with Gasteiger partial charge in [-0.25, -0.2) is 13.1 Å². The third kappa shape index (κ3) is 4.16. The van der Waals surface area contributed by atoms with E-state index in [9.17, 15) is 8.42 Å². The van der Waals surface area contributed by atoms with E-state index in [1.807, 2.05) is 13.0 Å². The molecule has 0 saturated carbocycles. The smallest absolute Gasteiger partial charge is 0.240 e.